The highest BCUT2D eigenvalue weighted by molar-refractivity contribution is 7.99. The van der Waals surface area contributed by atoms with Gasteiger partial charge >= 0.3 is 0 Å². The Balaban J connectivity index is 2.13. The van der Waals surface area contributed by atoms with E-state index >= 15 is 0 Å². The van der Waals surface area contributed by atoms with Gasteiger partial charge in [-0.3, -0.25) is 9.59 Å². The summed E-state index contributed by atoms with van der Waals surface area (Å²) >= 11 is 1.67. The van der Waals surface area contributed by atoms with E-state index in [1.54, 1.807) is 16.7 Å². The van der Waals surface area contributed by atoms with Gasteiger partial charge in [-0.2, -0.15) is 0 Å². The number of thioether (sulfide) groups is 1. The van der Waals surface area contributed by atoms with Crippen LogP contribution in [0.4, 0.5) is 0 Å². The van der Waals surface area contributed by atoms with Gasteiger partial charge in [0.2, 0.25) is 11.8 Å². The van der Waals surface area contributed by atoms with Crippen molar-refractivity contribution >= 4 is 23.6 Å². The van der Waals surface area contributed by atoms with Crippen molar-refractivity contribution in [3.05, 3.63) is 65.7 Å². The smallest absolute Gasteiger partial charge is 0.243 e. The molecule has 0 fully saturated rings. The van der Waals surface area contributed by atoms with Crippen LogP contribution in [0.3, 0.4) is 0 Å². The molecule has 0 spiro atoms. The van der Waals surface area contributed by atoms with E-state index in [9.17, 15) is 9.59 Å². The van der Waals surface area contributed by atoms with Crippen molar-refractivity contribution in [2.24, 2.45) is 0 Å². The van der Waals surface area contributed by atoms with Crippen LogP contribution >= 0.6 is 11.8 Å². The molecular formula is C25H34N2O2S. The molecule has 2 aromatic carbocycles. The second kappa shape index (κ2) is 12.4. The van der Waals surface area contributed by atoms with E-state index in [2.05, 4.69) is 11.4 Å². The average Bonchev–Trinajstić information content (AvgIpc) is 2.74. The molecule has 0 aliphatic rings. The molecule has 2 rings (SSSR count). The number of nitrogens with one attached hydrogen (secondary N) is 1. The Morgan fingerprint density at radius 1 is 1.03 bits per heavy atom. The Morgan fingerprint density at radius 3 is 2.40 bits per heavy atom. The summed E-state index contributed by atoms with van der Waals surface area (Å²) in [5.41, 5.74) is 2.20. The summed E-state index contributed by atoms with van der Waals surface area (Å²) in [5.74, 6) is 0.644. The fourth-order valence-corrected chi connectivity index (χ4v) is 4.15. The summed E-state index contributed by atoms with van der Waals surface area (Å²) in [6.45, 7) is 8.49. The highest BCUT2D eigenvalue weighted by Gasteiger charge is 2.28. The topological polar surface area (TPSA) is 49.4 Å². The molecule has 2 atom stereocenters. The summed E-state index contributed by atoms with van der Waals surface area (Å²) in [7, 11) is 0. The number of rotatable bonds is 11. The van der Waals surface area contributed by atoms with Crippen molar-refractivity contribution < 1.29 is 9.59 Å². The van der Waals surface area contributed by atoms with E-state index in [0.717, 1.165) is 22.4 Å². The minimum atomic E-state index is -0.464. The minimum absolute atomic E-state index is 0.0195. The Hall–Kier alpha value is -2.27. The molecule has 0 aliphatic carbocycles. The van der Waals surface area contributed by atoms with E-state index in [-0.39, 0.29) is 17.9 Å². The molecule has 0 heterocycles. The van der Waals surface area contributed by atoms with Crippen LogP contribution in [-0.4, -0.2) is 34.6 Å². The minimum Gasteiger partial charge on any atom is -0.352 e. The first-order chi connectivity index (χ1) is 14.4. The molecule has 162 valence electrons. The van der Waals surface area contributed by atoms with E-state index in [1.807, 2.05) is 76.2 Å². The number of hydrogen-bond acceptors (Lipinski definition) is 3. The number of aryl methyl sites for hydroxylation is 1. The van der Waals surface area contributed by atoms with Crippen molar-refractivity contribution in [1.82, 2.24) is 10.2 Å². The molecule has 4 nitrogen and oxygen atoms in total. The summed E-state index contributed by atoms with van der Waals surface area (Å²) in [4.78, 5) is 29.1. The fraction of sp³-hybridized carbons (Fsp3) is 0.440. The monoisotopic (exact) mass is 426 g/mol. The van der Waals surface area contributed by atoms with Crippen LogP contribution in [0.1, 0.15) is 51.2 Å². The lowest BCUT2D eigenvalue weighted by Gasteiger charge is -2.31. The second-order valence-corrected chi connectivity index (χ2v) is 8.83. The zero-order valence-electron chi connectivity index (χ0n) is 18.6. The molecule has 0 bridgehead atoms. The van der Waals surface area contributed by atoms with E-state index in [4.69, 9.17) is 0 Å². The fourth-order valence-electron chi connectivity index (χ4n) is 3.28. The molecule has 0 aliphatic heterocycles. The van der Waals surface area contributed by atoms with Gasteiger partial charge in [-0.1, -0.05) is 61.9 Å². The molecule has 0 saturated carbocycles. The first kappa shape index (κ1) is 24.0. The van der Waals surface area contributed by atoms with Gasteiger partial charge in [0, 0.05) is 29.7 Å². The summed E-state index contributed by atoms with van der Waals surface area (Å²) < 4.78 is 0. The normalized spacial score (nSPS) is 12.8. The van der Waals surface area contributed by atoms with Crippen LogP contribution in [0.15, 0.2) is 59.5 Å². The van der Waals surface area contributed by atoms with Gasteiger partial charge in [0.25, 0.3) is 0 Å². The van der Waals surface area contributed by atoms with Gasteiger partial charge in [-0.05, 0) is 44.4 Å². The molecule has 2 amide bonds. The van der Waals surface area contributed by atoms with Gasteiger partial charge < -0.3 is 10.2 Å². The predicted molar refractivity (Wildman–Crippen MR) is 125 cm³/mol. The molecule has 0 saturated heterocycles. The van der Waals surface area contributed by atoms with Crippen molar-refractivity contribution in [3.63, 3.8) is 0 Å². The number of carbonyl (C=O) groups excluding carboxylic acids is 2. The van der Waals surface area contributed by atoms with Crippen molar-refractivity contribution in [3.8, 4) is 0 Å². The zero-order chi connectivity index (χ0) is 21.9. The van der Waals surface area contributed by atoms with Crippen LogP contribution < -0.4 is 5.32 Å². The maximum absolute atomic E-state index is 13.2. The van der Waals surface area contributed by atoms with E-state index in [0.29, 0.717) is 25.1 Å². The average molecular weight is 427 g/mol. The van der Waals surface area contributed by atoms with Crippen LogP contribution in [-0.2, 0) is 16.1 Å². The summed E-state index contributed by atoms with van der Waals surface area (Å²) in [5, 5.41) is 3.06. The molecule has 0 radical (unpaired) electrons. The molecule has 2 aromatic rings. The predicted octanol–water partition coefficient (Wildman–Crippen LogP) is 5.20. The third-order valence-corrected chi connectivity index (χ3v) is 6.16. The molecule has 30 heavy (non-hydrogen) atoms. The largest absolute Gasteiger partial charge is 0.352 e. The van der Waals surface area contributed by atoms with Gasteiger partial charge in [-0.15, -0.1) is 11.8 Å². The maximum atomic E-state index is 13.2. The maximum Gasteiger partial charge on any atom is 0.243 e. The highest BCUT2D eigenvalue weighted by Crippen LogP contribution is 2.20. The number of carbonyl (C=O) groups is 2. The Kier molecular flexibility index (Phi) is 9.95. The Morgan fingerprint density at radius 2 is 1.77 bits per heavy atom. The number of hydrogen-bond donors (Lipinski definition) is 1. The Labute approximate surface area is 185 Å². The third kappa shape index (κ3) is 7.52. The zero-order valence-corrected chi connectivity index (χ0v) is 19.4. The number of nitrogens with zero attached hydrogens (tertiary/aromatic N) is 1. The van der Waals surface area contributed by atoms with E-state index < -0.39 is 6.04 Å². The van der Waals surface area contributed by atoms with Gasteiger partial charge in [0.1, 0.15) is 6.04 Å². The van der Waals surface area contributed by atoms with Crippen LogP contribution in [0, 0.1) is 6.92 Å². The molecular weight excluding hydrogens is 392 g/mol. The number of benzene rings is 2. The Bertz CT molecular complexity index is 810. The third-order valence-electron chi connectivity index (χ3n) is 5.15. The first-order valence-electron chi connectivity index (χ1n) is 10.8. The first-order valence-corrected chi connectivity index (χ1v) is 11.8. The van der Waals surface area contributed by atoms with Crippen LogP contribution in [0.5, 0.6) is 0 Å². The van der Waals surface area contributed by atoms with Gasteiger partial charge in [0.05, 0.1) is 0 Å². The van der Waals surface area contributed by atoms with Crippen LogP contribution in [0.2, 0.25) is 0 Å². The molecule has 5 heteroatoms. The molecule has 0 aromatic heterocycles. The summed E-state index contributed by atoms with van der Waals surface area (Å²) in [6.07, 6.45) is 1.85. The van der Waals surface area contributed by atoms with Crippen molar-refractivity contribution in [1.29, 1.82) is 0 Å². The molecule has 0 unspecified atom stereocenters. The van der Waals surface area contributed by atoms with Gasteiger partial charge in [-0.25, -0.2) is 0 Å². The second-order valence-electron chi connectivity index (χ2n) is 7.66. The lowest BCUT2D eigenvalue weighted by Crippen LogP contribution is -2.50. The van der Waals surface area contributed by atoms with Gasteiger partial charge in [0.15, 0.2) is 0 Å². The SMILES string of the molecule is CC[C@@H](C)NC(=O)[C@@H](CC)N(Cc1cccc(C)c1)C(=O)CCSc1ccccc1. The molecule has 1 N–H and O–H groups in total. The van der Waals surface area contributed by atoms with Crippen molar-refractivity contribution in [2.75, 3.05) is 5.75 Å². The highest BCUT2D eigenvalue weighted by atomic mass is 32.2. The lowest BCUT2D eigenvalue weighted by molar-refractivity contribution is -0.141. The summed E-state index contributed by atoms with van der Waals surface area (Å²) in [6, 6.07) is 17.9. The van der Waals surface area contributed by atoms with E-state index in [1.165, 1.54) is 0 Å². The van der Waals surface area contributed by atoms with Crippen molar-refractivity contribution in [2.45, 2.75) is 70.5 Å². The lowest BCUT2D eigenvalue weighted by atomic mass is 10.1. The number of amides is 2. The standard InChI is InChI=1S/C25H34N2O2S/c1-5-20(4)26-25(29)23(6-2)27(18-21-12-10-11-19(3)17-21)24(28)15-16-30-22-13-8-7-9-14-22/h7-14,17,20,23H,5-6,15-16,18H2,1-4H3,(H,26,29)/t20-,23-/m1/s1. The quantitative estimate of drug-likeness (QED) is 0.503. The van der Waals surface area contributed by atoms with Crippen LogP contribution in [0.25, 0.3) is 0 Å².